The lowest BCUT2D eigenvalue weighted by molar-refractivity contribution is -0.116. The van der Waals surface area contributed by atoms with Gasteiger partial charge in [-0.2, -0.15) is 0 Å². The number of hydrogen-bond donors (Lipinski definition) is 1. The van der Waals surface area contributed by atoms with E-state index in [-0.39, 0.29) is 11.9 Å². The largest absolute Gasteiger partial charge is 0.462 e. The first-order valence-corrected chi connectivity index (χ1v) is 6.99. The molecule has 5 heteroatoms. The molecule has 0 spiro atoms. The van der Waals surface area contributed by atoms with Crippen molar-refractivity contribution in [3.63, 3.8) is 0 Å². The van der Waals surface area contributed by atoms with E-state index in [0.29, 0.717) is 23.8 Å². The number of nitrogens with one attached hydrogen (secondary N) is 1. The number of thiophene rings is 1. The van der Waals surface area contributed by atoms with Gasteiger partial charge in [-0.05, 0) is 44.2 Å². The molecular weight excluding hydrogens is 250 g/mol. The van der Waals surface area contributed by atoms with Crippen LogP contribution in [-0.4, -0.2) is 18.5 Å². The van der Waals surface area contributed by atoms with Gasteiger partial charge in [-0.15, -0.1) is 11.3 Å². The van der Waals surface area contributed by atoms with Crippen LogP contribution in [0.4, 0.5) is 5.00 Å². The van der Waals surface area contributed by atoms with E-state index in [2.05, 4.69) is 5.32 Å². The van der Waals surface area contributed by atoms with Crippen LogP contribution < -0.4 is 5.32 Å². The van der Waals surface area contributed by atoms with Crippen molar-refractivity contribution in [2.24, 2.45) is 5.92 Å². The molecule has 18 heavy (non-hydrogen) atoms. The number of amides is 1. The maximum atomic E-state index is 11.7. The summed E-state index contributed by atoms with van der Waals surface area (Å²) in [6.45, 7) is 3.98. The van der Waals surface area contributed by atoms with Crippen LogP contribution in [0, 0.1) is 12.8 Å². The molecule has 0 atom stereocenters. The standard InChI is InChI=1S/C13H17NO3S/c1-3-17-13(16)12-8(2)6-11(18-12)14-10(15)7-9-4-5-9/h6,9H,3-5,7H2,1-2H3,(H,14,15). The average Bonchev–Trinajstić information content (AvgIpc) is 3.02. The van der Waals surface area contributed by atoms with Crippen LogP contribution >= 0.6 is 11.3 Å². The van der Waals surface area contributed by atoms with Gasteiger partial charge in [-0.3, -0.25) is 4.79 Å². The molecular formula is C13H17NO3S. The number of aryl methyl sites for hydroxylation is 1. The van der Waals surface area contributed by atoms with Crippen LogP contribution in [-0.2, 0) is 9.53 Å². The van der Waals surface area contributed by atoms with Crippen LogP contribution in [0.2, 0.25) is 0 Å². The van der Waals surface area contributed by atoms with Gasteiger partial charge in [0, 0.05) is 6.42 Å². The van der Waals surface area contributed by atoms with Gasteiger partial charge >= 0.3 is 5.97 Å². The van der Waals surface area contributed by atoms with Gasteiger partial charge in [0.2, 0.25) is 5.91 Å². The number of esters is 1. The number of anilines is 1. The second-order valence-corrected chi connectivity index (χ2v) is 5.59. The third-order valence-electron chi connectivity index (χ3n) is 2.81. The van der Waals surface area contributed by atoms with Crippen molar-refractivity contribution < 1.29 is 14.3 Å². The molecule has 0 bridgehead atoms. The van der Waals surface area contributed by atoms with Crippen LogP contribution in [0.25, 0.3) is 0 Å². The summed E-state index contributed by atoms with van der Waals surface area (Å²) in [5, 5.41) is 3.57. The molecule has 1 amide bonds. The molecule has 0 aliphatic heterocycles. The Hall–Kier alpha value is -1.36. The molecule has 0 unspecified atom stereocenters. The highest BCUT2D eigenvalue weighted by atomic mass is 32.1. The first-order chi connectivity index (χ1) is 8.60. The molecule has 1 fully saturated rings. The highest BCUT2D eigenvalue weighted by Gasteiger charge is 2.25. The molecule has 0 saturated heterocycles. The fraction of sp³-hybridized carbons (Fsp3) is 0.538. The molecule has 1 heterocycles. The van der Waals surface area contributed by atoms with Gasteiger partial charge in [0.25, 0.3) is 0 Å². The van der Waals surface area contributed by atoms with E-state index in [0.717, 1.165) is 23.4 Å². The minimum absolute atomic E-state index is 0.0363. The predicted molar refractivity (Wildman–Crippen MR) is 71.0 cm³/mol. The zero-order valence-corrected chi connectivity index (χ0v) is 11.4. The molecule has 1 aliphatic carbocycles. The van der Waals surface area contributed by atoms with Crippen LogP contribution in [0.3, 0.4) is 0 Å². The van der Waals surface area contributed by atoms with Gasteiger partial charge in [0.05, 0.1) is 11.6 Å². The lowest BCUT2D eigenvalue weighted by Gasteiger charge is -2.00. The van der Waals surface area contributed by atoms with E-state index in [1.165, 1.54) is 11.3 Å². The molecule has 98 valence electrons. The summed E-state index contributed by atoms with van der Waals surface area (Å²) in [7, 11) is 0. The quantitative estimate of drug-likeness (QED) is 0.834. The monoisotopic (exact) mass is 267 g/mol. The molecule has 1 N–H and O–H groups in total. The highest BCUT2D eigenvalue weighted by molar-refractivity contribution is 7.18. The Morgan fingerprint density at radius 3 is 2.83 bits per heavy atom. The molecule has 1 aromatic heterocycles. The Labute approximate surface area is 110 Å². The van der Waals surface area contributed by atoms with Crippen molar-refractivity contribution in [1.82, 2.24) is 0 Å². The van der Waals surface area contributed by atoms with Gasteiger partial charge in [0.15, 0.2) is 0 Å². The van der Waals surface area contributed by atoms with Gasteiger partial charge in [-0.1, -0.05) is 0 Å². The fourth-order valence-corrected chi connectivity index (χ4v) is 2.70. The molecule has 2 rings (SSSR count). The van der Waals surface area contributed by atoms with Crippen molar-refractivity contribution in [3.05, 3.63) is 16.5 Å². The third-order valence-corrected chi connectivity index (χ3v) is 3.94. The van der Waals surface area contributed by atoms with E-state index in [4.69, 9.17) is 4.74 Å². The average molecular weight is 267 g/mol. The zero-order chi connectivity index (χ0) is 13.1. The van der Waals surface area contributed by atoms with Crippen molar-refractivity contribution in [2.45, 2.75) is 33.1 Å². The lowest BCUT2D eigenvalue weighted by Crippen LogP contribution is -2.10. The number of hydrogen-bond acceptors (Lipinski definition) is 4. The molecule has 1 saturated carbocycles. The van der Waals surface area contributed by atoms with Crippen LogP contribution in [0.1, 0.15) is 41.4 Å². The smallest absolute Gasteiger partial charge is 0.348 e. The van der Waals surface area contributed by atoms with Crippen molar-refractivity contribution in [1.29, 1.82) is 0 Å². The summed E-state index contributed by atoms with van der Waals surface area (Å²) in [6, 6.07) is 1.82. The third kappa shape index (κ3) is 3.32. The number of carbonyl (C=O) groups excluding carboxylic acids is 2. The first kappa shape index (κ1) is 13.1. The highest BCUT2D eigenvalue weighted by Crippen LogP contribution is 2.33. The maximum absolute atomic E-state index is 11.7. The number of ether oxygens (including phenoxy) is 1. The summed E-state index contributed by atoms with van der Waals surface area (Å²) in [4.78, 5) is 23.9. The van der Waals surface area contributed by atoms with E-state index in [9.17, 15) is 9.59 Å². The molecule has 4 nitrogen and oxygen atoms in total. The van der Waals surface area contributed by atoms with Gasteiger partial charge < -0.3 is 10.1 Å². The van der Waals surface area contributed by atoms with E-state index >= 15 is 0 Å². The van der Waals surface area contributed by atoms with Gasteiger partial charge in [0.1, 0.15) is 4.88 Å². The van der Waals surface area contributed by atoms with Crippen LogP contribution in [0.5, 0.6) is 0 Å². The summed E-state index contributed by atoms with van der Waals surface area (Å²) in [5.41, 5.74) is 0.847. The molecule has 1 aromatic rings. The summed E-state index contributed by atoms with van der Waals surface area (Å²) >= 11 is 1.28. The molecule has 0 radical (unpaired) electrons. The summed E-state index contributed by atoms with van der Waals surface area (Å²) in [6.07, 6.45) is 2.90. The maximum Gasteiger partial charge on any atom is 0.348 e. The van der Waals surface area contributed by atoms with E-state index < -0.39 is 0 Å². The Morgan fingerprint density at radius 1 is 1.50 bits per heavy atom. The molecule has 1 aliphatic rings. The molecule has 0 aromatic carbocycles. The topological polar surface area (TPSA) is 55.4 Å². The SMILES string of the molecule is CCOC(=O)c1sc(NC(=O)CC2CC2)cc1C. The second-order valence-electron chi connectivity index (χ2n) is 4.54. The number of carbonyl (C=O) groups is 2. The van der Waals surface area contributed by atoms with E-state index in [1.807, 2.05) is 13.0 Å². The minimum atomic E-state index is -0.317. The van der Waals surface area contributed by atoms with E-state index in [1.54, 1.807) is 6.92 Å². The normalized spacial score (nSPS) is 14.3. The zero-order valence-electron chi connectivity index (χ0n) is 10.6. The Morgan fingerprint density at radius 2 is 2.22 bits per heavy atom. The minimum Gasteiger partial charge on any atom is -0.462 e. The Bertz CT molecular complexity index is 463. The Balaban J connectivity index is 1.98. The first-order valence-electron chi connectivity index (χ1n) is 6.17. The van der Waals surface area contributed by atoms with Crippen molar-refractivity contribution >= 4 is 28.2 Å². The predicted octanol–water partition coefficient (Wildman–Crippen LogP) is 2.97. The van der Waals surface area contributed by atoms with Crippen molar-refractivity contribution in [3.8, 4) is 0 Å². The van der Waals surface area contributed by atoms with Gasteiger partial charge in [-0.25, -0.2) is 4.79 Å². The summed E-state index contributed by atoms with van der Waals surface area (Å²) in [5.74, 6) is 0.285. The second kappa shape index (κ2) is 5.52. The number of rotatable bonds is 5. The fourth-order valence-electron chi connectivity index (χ4n) is 1.72. The lowest BCUT2D eigenvalue weighted by atomic mass is 10.2. The van der Waals surface area contributed by atoms with Crippen LogP contribution in [0.15, 0.2) is 6.07 Å². The van der Waals surface area contributed by atoms with Crippen molar-refractivity contribution in [2.75, 3.05) is 11.9 Å². The Kier molecular flexibility index (Phi) is 4.01. The summed E-state index contributed by atoms with van der Waals surface area (Å²) < 4.78 is 4.96.